The normalized spacial score (nSPS) is 27.8. The van der Waals surface area contributed by atoms with Crippen LogP contribution in [0.3, 0.4) is 0 Å². The second-order valence-corrected chi connectivity index (χ2v) is 7.30. The van der Waals surface area contributed by atoms with Crippen molar-refractivity contribution in [1.29, 1.82) is 0 Å². The summed E-state index contributed by atoms with van der Waals surface area (Å²) >= 11 is 0. The second-order valence-electron chi connectivity index (χ2n) is 7.30. The molecule has 0 fully saturated rings. The zero-order chi connectivity index (χ0) is 13.1. The molecule has 0 heterocycles. The fourth-order valence-electron chi connectivity index (χ4n) is 2.99. The quantitative estimate of drug-likeness (QED) is 0.638. The first-order chi connectivity index (χ1) is 7.76. The predicted molar refractivity (Wildman–Crippen MR) is 75.1 cm³/mol. The third-order valence-electron chi connectivity index (χ3n) is 3.33. The molecule has 3 unspecified atom stereocenters. The van der Waals surface area contributed by atoms with E-state index in [4.69, 9.17) is 4.74 Å². The SMILES string of the molecule is CC1=CC(OCC(C)CC(C)(C)C)CC(C)C1. The summed E-state index contributed by atoms with van der Waals surface area (Å²) in [5, 5.41) is 0. The molecule has 1 aliphatic carbocycles. The molecule has 0 saturated heterocycles. The van der Waals surface area contributed by atoms with Crippen molar-refractivity contribution >= 4 is 0 Å². The predicted octanol–water partition coefficient (Wildman–Crippen LogP) is 4.82. The van der Waals surface area contributed by atoms with E-state index in [9.17, 15) is 0 Å². The number of allylic oxidation sites excluding steroid dienone is 1. The van der Waals surface area contributed by atoms with Crippen LogP contribution in [-0.2, 0) is 4.74 Å². The van der Waals surface area contributed by atoms with Crippen LogP contribution in [0.15, 0.2) is 11.6 Å². The van der Waals surface area contributed by atoms with Gasteiger partial charge >= 0.3 is 0 Å². The fraction of sp³-hybridized carbons (Fsp3) is 0.875. The molecule has 0 radical (unpaired) electrons. The summed E-state index contributed by atoms with van der Waals surface area (Å²) in [5.41, 5.74) is 1.91. The molecule has 0 aromatic heterocycles. The van der Waals surface area contributed by atoms with Crippen LogP contribution in [0.4, 0.5) is 0 Å². The van der Waals surface area contributed by atoms with Gasteiger partial charge in [-0.1, -0.05) is 46.3 Å². The Labute approximate surface area is 108 Å². The summed E-state index contributed by atoms with van der Waals surface area (Å²) in [5.74, 6) is 1.43. The minimum absolute atomic E-state index is 0.362. The van der Waals surface area contributed by atoms with E-state index in [0.29, 0.717) is 17.4 Å². The van der Waals surface area contributed by atoms with Gasteiger partial charge in [0, 0.05) is 6.61 Å². The highest BCUT2D eigenvalue weighted by Crippen LogP contribution is 2.27. The van der Waals surface area contributed by atoms with Gasteiger partial charge in [-0.05, 0) is 43.4 Å². The van der Waals surface area contributed by atoms with Gasteiger partial charge < -0.3 is 4.74 Å². The van der Waals surface area contributed by atoms with Crippen molar-refractivity contribution in [2.45, 2.75) is 66.9 Å². The first-order valence-corrected chi connectivity index (χ1v) is 7.05. The Bertz CT molecular complexity index is 259. The van der Waals surface area contributed by atoms with Crippen LogP contribution in [0.2, 0.25) is 0 Å². The van der Waals surface area contributed by atoms with Crippen LogP contribution in [0.5, 0.6) is 0 Å². The topological polar surface area (TPSA) is 9.23 Å². The van der Waals surface area contributed by atoms with Gasteiger partial charge in [-0.25, -0.2) is 0 Å². The van der Waals surface area contributed by atoms with E-state index in [2.05, 4.69) is 47.6 Å². The Kier molecular flexibility index (Phi) is 5.24. The highest BCUT2D eigenvalue weighted by atomic mass is 16.5. The van der Waals surface area contributed by atoms with Crippen LogP contribution < -0.4 is 0 Å². The van der Waals surface area contributed by atoms with Gasteiger partial charge in [0.15, 0.2) is 0 Å². The molecular weight excluding hydrogens is 208 g/mol. The van der Waals surface area contributed by atoms with E-state index < -0.39 is 0 Å². The van der Waals surface area contributed by atoms with Gasteiger partial charge in [-0.2, -0.15) is 0 Å². The average Bonchev–Trinajstić information content (AvgIpc) is 2.10. The summed E-state index contributed by atoms with van der Waals surface area (Å²) in [7, 11) is 0. The Balaban J connectivity index is 2.33. The molecule has 0 aliphatic heterocycles. The molecule has 0 aromatic carbocycles. The summed E-state index contributed by atoms with van der Waals surface area (Å²) in [6.45, 7) is 14.7. The minimum Gasteiger partial charge on any atom is -0.374 e. The summed E-state index contributed by atoms with van der Waals surface area (Å²) in [6, 6.07) is 0. The van der Waals surface area contributed by atoms with Crippen molar-refractivity contribution in [3.63, 3.8) is 0 Å². The van der Waals surface area contributed by atoms with Gasteiger partial charge in [0.2, 0.25) is 0 Å². The first kappa shape index (κ1) is 14.8. The first-order valence-electron chi connectivity index (χ1n) is 7.05. The molecule has 1 heteroatoms. The van der Waals surface area contributed by atoms with Gasteiger partial charge in [-0.3, -0.25) is 0 Å². The van der Waals surface area contributed by atoms with E-state index in [1.54, 1.807) is 0 Å². The maximum Gasteiger partial charge on any atom is 0.0761 e. The number of hydrogen-bond donors (Lipinski definition) is 0. The number of hydrogen-bond acceptors (Lipinski definition) is 1. The smallest absolute Gasteiger partial charge is 0.0761 e. The summed E-state index contributed by atoms with van der Waals surface area (Å²) in [4.78, 5) is 0. The zero-order valence-electron chi connectivity index (χ0n) is 12.5. The molecule has 1 aliphatic rings. The minimum atomic E-state index is 0.362. The van der Waals surface area contributed by atoms with Gasteiger partial charge in [0.1, 0.15) is 0 Å². The maximum absolute atomic E-state index is 6.06. The van der Waals surface area contributed by atoms with Crippen LogP contribution in [0.25, 0.3) is 0 Å². The standard InChI is InChI=1S/C16H30O/c1-12-7-13(2)9-15(8-12)17-11-14(3)10-16(4,5)6/h8,13-15H,7,9-11H2,1-6H3. The third kappa shape index (κ3) is 6.26. The number of rotatable bonds is 4. The van der Waals surface area contributed by atoms with Crippen LogP contribution in [0.1, 0.15) is 60.8 Å². The van der Waals surface area contributed by atoms with Crippen molar-refractivity contribution in [1.82, 2.24) is 0 Å². The van der Waals surface area contributed by atoms with Crippen molar-refractivity contribution in [2.75, 3.05) is 6.61 Å². The second kappa shape index (κ2) is 6.04. The Hall–Kier alpha value is -0.300. The fourth-order valence-corrected chi connectivity index (χ4v) is 2.99. The molecule has 0 aromatic rings. The molecule has 3 atom stereocenters. The summed E-state index contributed by atoms with van der Waals surface area (Å²) in [6.07, 6.45) is 6.36. The molecule has 0 amide bonds. The lowest BCUT2D eigenvalue weighted by Crippen LogP contribution is -2.23. The highest BCUT2D eigenvalue weighted by Gasteiger charge is 2.20. The van der Waals surface area contributed by atoms with E-state index in [-0.39, 0.29) is 0 Å². The largest absolute Gasteiger partial charge is 0.374 e. The maximum atomic E-state index is 6.06. The Morgan fingerprint density at radius 1 is 1.41 bits per heavy atom. The third-order valence-corrected chi connectivity index (χ3v) is 3.33. The zero-order valence-corrected chi connectivity index (χ0v) is 12.5. The van der Waals surface area contributed by atoms with Gasteiger partial charge in [0.25, 0.3) is 0 Å². The molecule has 0 bridgehead atoms. The monoisotopic (exact) mass is 238 g/mol. The Morgan fingerprint density at radius 3 is 2.59 bits per heavy atom. The molecule has 100 valence electrons. The lowest BCUT2D eigenvalue weighted by molar-refractivity contribution is 0.0344. The van der Waals surface area contributed by atoms with Gasteiger partial charge in [0.05, 0.1) is 6.10 Å². The van der Waals surface area contributed by atoms with Crippen LogP contribution in [-0.4, -0.2) is 12.7 Å². The van der Waals surface area contributed by atoms with Crippen molar-refractivity contribution in [2.24, 2.45) is 17.3 Å². The average molecular weight is 238 g/mol. The molecule has 0 N–H and O–H groups in total. The molecular formula is C16H30O. The van der Waals surface area contributed by atoms with E-state index in [0.717, 1.165) is 12.5 Å². The molecule has 0 saturated carbocycles. The van der Waals surface area contributed by atoms with Crippen LogP contribution >= 0.6 is 0 Å². The van der Waals surface area contributed by atoms with Crippen molar-refractivity contribution in [3.05, 3.63) is 11.6 Å². The summed E-state index contributed by atoms with van der Waals surface area (Å²) < 4.78 is 6.06. The van der Waals surface area contributed by atoms with E-state index in [1.165, 1.54) is 24.8 Å². The van der Waals surface area contributed by atoms with Crippen LogP contribution in [0, 0.1) is 17.3 Å². The number of ether oxygens (including phenoxy) is 1. The molecule has 0 spiro atoms. The molecule has 1 nitrogen and oxygen atoms in total. The molecule has 1 rings (SSSR count). The van der Waals surface area contributed by atoms with E-state index in [1.807, 2.05) is 0 Å². The Morgan fingerprint density at radius 2 is 2.06 bits per heavy atom. The highest BCUT2D eigenvalue weighted by molar-refractivity contribution is 5.07. The lowest BCUT2D eigenvalue weighted by Gasteiger charge is -2.28. The lowest BCUT2D eigenvalue weighted by atomic mass is 9.85. The molecule has 17 heavy (non-hydrogen) atoms. The van der Waals surface area contributed by atoms with E-state index >= 15 is 0 Å². The van der Waals surface area contributed by atoms with Crippen molar-refractivity contribution in [3.8, 4) is 0 Å². The van der Waals surface area contributed by atoms with Crippen molar-refractivity contribution < 1.29 is 4.74 Å². The van der Waals surface area contributed by atoms with Gasteiger partial charge in [-0.15, -0.1) is 0 Å².